The van der Waals surface area contributed by atoms with E-state index in [0.717, 1.165) is 11.6 Å². The first-order valence-electron chi connectivity index (χ1n) is 9.90. The van der Waals surface area contributed by atoms with Gasteiger partial charge in [0.15, 0.2) is 0 Å². The molecule has 1 aliphatic heterocycles. The average molecular weight is 435 g/mol. The molecule has 1 unspecified atom stereocenters. The Morgan fingerprint density at radius 3 is 2.74 bits per heavy atom. The Labute approximate surface area is 178 Å². The molecule has 0 saturated carbocycles. The Morgan fingerprint density at radius 2 is 2.03 bits per heavy atom. The second-order valence-electron chi connectivity index (χ2n) is 7.62. The molecule has 7 nitrogen and oxygen atoms in total. The smallest absolute Gasteiger partial charge is 0.355 e. The van der Waals surface area contributed by atoms with Crippen LogP contribution in [0.2, 0.25) is 0 Å². The van der Waals surface area contributed by atoms with Crippen LogP contribution in [0.15, 0.2) is 36.7 Å². The zero-order valence-electron chi connectivity index (χ0n) is 17.3. The first-order valence-corrected chi connectivity index (χ1v) is 9.90. The van der Waals surface area contributed by atoms with Gasteiger partial charge in [0.05, 0.1) is 18.0 Å². The molecule has 0 aliphatic carbocycles. The number of hydrogen-bond donors (Lipinski definition) is 1. The third kappa shape index (κ3) is 5.71. The van der Waals surface area contributed by atoms with E-state index in [1.54, 1.807) is 18.3 Å². The van der Waals surface area contributed by atoms with E-state index in [4.69, 9.17) is 0 Å². The van der Waals surface area contributed by atoms with Crippen molar-refractivity contribution in [1.82, 2.24) is 14.9 Å². The summed E-state index contributed by atoms with van der Waals surface area (Å²) in [6, 6.07) is 5.74. The number of nitrogens with one attached hydrogen (secondary N) is 1. The number of amides is 2. The molecule has 2 amide bonds. The standard InChI is InChI=1S/C21H24F3N5O2/c1-14-7-9-25-17(11-14)27-18(30)13-28(2)20(31)15-5-4-10-29(12-15)19-16(21(22,23)24)6-3-8-26-19/h3,6-9,11,15H,4-5,10,12-13H2,1-2H3,(H,25,27,30). The van der Waals surface area contributed by atoms with E-state index in [1.807, 2.05) is 6.92 Å². The van der Waals surface area contributed by atoms with Gasteiger partial charge in [-0.15, -0.1) is 0 Å². The summed E-state index contributed by atoms with van der Waals surface area (Å²) in [5.74, 6) is -0.984. The Morgan fingerprint density at radius 1 is 1.26 bits per heavy atom. The molecule has 1 fully saturated rings. The predicted molar refractivity (Wildman–Crippen MR) is 109 cm³/mol. The lowest BCUT2D eigenvalue weighted by Gasteiger charge is -2.35. The van der Waals surface area contributed by atoms with Gasteiger partial charge in [0.2, 0.25) is 11.8 Å². The number of halogens is 3. The van der Waals surface area contributed by atoms with E-state index < -0.39 is 23.6 Å². The van der Waals surface area contributed by atoms with Crippen molar-refractivity contribution < 1.29 is 22.8 Å². The second kappa shape index (κ2) is 9.32. The number of nitrogens with zero attached hydrogens (tertiary/aromatic N) is 4. The van der Waals surface area contributed by atoms with Crippen molar-refractivity contribution in [2.75, 3.05) is 36.9 Å². The van der Waals surface area contributed by atoms with Gasteiger partial charge in [-0.25, -0.2) is 9.97 Å². The Hall–Kier alpha value is -3.17. The van der Waals surface area contributed by atoms with E-state index in [-0.39, 0.29) is 24.8 Å². The fraction of sp³-hybridized carbons (Fsp3) is 0.429. The summed E-state index contributed by atoms with van der Waals surface area (Å²) in [4.78, 5) is 35.9. The lowest BCUT2D eigenvalue weighted by molar-refractivity contribution is -0.137. The van der Waals surface area contributed by atoms with Crippen molar-refractivity contribution in [3.05, 3.63) is 47.8 Å². The van der Waals surface area contributed by atoms with Crippen LogP contribution in [0, 0.1) is 12.8 Å². The van der Waals surface area contributed by atoms with Gasteiger partial charge in [0, 0.05) is 32.5 Å². The summed E-state index contributed by atoms with van der Waals surface area (Å²) in [6.45, 7) is 2.19. The molecule has 0 radical (unpaired) electrons. The lowest BCUT2D eigenvalue weighted by Crippen LogP contribution is -2.46. The highest BCUT2D eigenvalue weighted by atomic mass is 19.4. The molecule has 0 spiro atoms. The molecule has 3 rings (SSSR count). The SMILES string of the molecule is Cc1ccnc(NC(=O)CN(C)C(=O)C2CCCN(c3ncccc3C(F)(F)F)C2)c1. The zero-order valence-corrected chi connectivity index (χ0v) is 17.3. The lowest BCUT2D eigenvalue weighted by atomic mass is 9.96. The van der Waals surface area contributed by atoms with Gasteiger partial charge in [0.25, 0.3) is 0 Å². The van der Waals surface area contributed by atoms with Crippen LogP contribution >= 0.6 is 0 Å². The van der Waals surface area contributed by atoms with Crippen molar-refractivity contribution in [1.29, 1.82) is 0 Å². The number of rotatable bonds is 5. The van der Waals surface area contributed by atoms with Gasteiger partial charge < -0.3 is 15.1 Å². The number of alkyl halides is 3. The summed E-state index contributed by atoms with van der Waals surface area (Å²) in [5.41, 5.74) is 0.117. The van der Waals surface area contributed by atoms with Crippen LogP contribution < -0.4 is 10.2 Å². The quantitative estimate of drug-likeness (QED) is 0.781. The predicted octanol–water partition coefficient (Wildman–Crippen LogP) is 3.12. The third-order valence-corrected chi connectivity index (χ3v) is 5.10. The molecule has 2 aromatic heterocycles. The summed E-state index contributed by atoms with van der Waals surface area (Å²) < 4.78 is 40.0. The number of likely N-dealkylation sites (N-methyl/N-ethyl adjacent to an activating group) is 1. The number of piperidine rings is 1. The van der Waals surface area contributed by atoms with Crippen molar-refractivity contribution >= 4 is 23.5 Å². The molecule has 10 heteroatoms. The van der Waals surface area contributed by atoms with Crippen LogP contribution in [0.25, 0.3) is 0 Å². The number of carbonyl (C=O) groups excluding carboxylic acids is 2. The van der Waals surface area contributed by atoms with Crippen LogP contribution in [-0.4, -0.2) is 53.4 Å². The Balaban J connectivity index is 1.63. The molecule has 2 aromatic rings. The summed E-state index contributed by atoms with van der Waals surface area (Å²) in [6.07, 6.45) is -0.555. The van der Waals surface area contributed by atoms with Gasteiger partial charge in [-0.3, -0.25) is 9.59 Å². The Bertz CT molecular complexity index is 951. The monoisotopic (exact) mass is 435 g/mol. The topological polar surface area (TPSA) is 78.4 Å². The highest BCUT2D eigenvalue weighted by molar-refractivity contribution is 5.94. The summed E-state index contributed by atoms with van der Waals surface area (Å²) >= 11 is 0. The summed E-state index contributed by atoms with van der Waals surface area (Å²) in [7, 11) is 1.51. The molecule has 31 heavy (non-hydrogen) atoms. The van der Waals surface area contributed by atoms with E-state index in [1.165, 1.54) is 29.1 Å². The average Bonchev–Trinajstić information content (AvgIpc) is 2.72. The fourth-order valence-electron chi connectivity index (χ4n) is 3.63. The number of aromatic nitrogens is 2. The van der Waals surface area contributed by atoms with Gasteiger partial charge in [-0.1, -0.05) is 0 Å². The highest BCUT2D eigenvalue weighted by Crippen LogP contribution is 2.36. The molecule has 166 valence electrons. The molecule has 1 N–H and O–H groups in total. The molecular weight excluding hydrogens is 411 g/mol. The number of aryl methyl sites for hydroxylation is 1. The zero-order chi connectivity index (χ0) is 22.6. The molecule has 0 aromatic carbocycles. The van der Waals surface area contributed by atoms with Crippen LogP contribution in [0.1, 0.15) is 24.0 Å². The first-order chi connectivity index (χ1) is 14.6. The molecule has 1 aliphatic rings. The highest BCUT2D eigenvalue weighted by Gasteiger charge is 2.37. The number of anilines is 2. The second-order valence-corrected chi connectivity index (χ2v) is 7.62. The molecular formula is C21H24F3N5O2. The van der Waals surface area contributed by atoms with Crippen LogP contribution in [0.4, 0.5) is 24.8 Å². The molecule has 0 bridgehead atoms. The van der Waals surface area contributed by atoms with Gasteiger partial charge in [-0.05, 0) is 49.6 Å². The van der Waals surface area contributed by atoms with E-state index in [0.29, 0.717) is 25.2 Å². The molecule has 1 atom stereocenters. The number of hydrogen-bond acceptors (Lipinski definition) is 5. The van der Waals surface area contributed by atoms with Crippen LogP contribution in [0.3, 0.4) is 0 Å². The maximum Gasteiger partial charge on any atom is 0.419 e. The third-order valence-electron chi connectivity index (χ3n) is 5.10. The van der Waals surface area contributed by atoms with Crippen molar-refractivity contribution in [2.45, 2.75) is 25.9 Å². The van der Waals surface area contributed by atoms with Crippen LogP contribution in [-0.2, 0) is 15.8 Å². The van der Waals surface area contributed by atoms with Gasteiger partial charge in [-0.2, -0.15) is 13.2 Å². The minimum Gasteiger partial charge on any atom is -0.355 e. The minimum atomic E-state index is -4.53. The largest absolute Gasteiger partial charge is 0.419 e. The normalized spacial score (nSPS) is 16.7. The van der Waals surface area contributed by atoms with Crippen molar-refractivity contribution in [3.8, 4) is 0 Å². The van der Waals surface area contributed by atoms with E-state index in [9.17, 15) is 22.8 Å². The number of pyridine rings is 2. The van der Waals surface area contributed by atoms with E-state index in [2.05, 4.69) is 15.3 Å². The maximum absolute atomic E-state index is 13.3. The van der Waals surface area contributed by atoms with Crippen molar-refractivity contribution in [3.63, 3.8) is 0 Å². The first kappa shape index (κ1) is 22.5. The molecule has 1 saturated heterocycles. The van der Waals surface area contributed by atoms with Gasteiger partial charge in [0.1, 0.15) is 11.6 Å². The molecule has 3 heterocycles. The van der Waals surface area contributed by atoms with Gasteiger partial charge >= 0.3 is 6.18 Å². The Kier molecular flexibility index (Phi) is 6.77. The van der Waals surface area contributed by atoms with Crippen LogP contribution in [0.5, 0.6) is 0 Å². The maximum atomic E-state index is 13.3. The van der Waals surface area contributed by atoms with Crippen molar-refractivity contribution in [2.24, 2.45) is 5.92 Å². The number of carbonyl (C=O) groups is 2. The van der Waals surface area contributed by atoms with E-state index >= 15 is 0 Å². The fourth-order valence-corrected chi connectivity index (χ4v) is 3.63. The minimum absolute atomic E-state index is 0.115. The summed E-state index contributed by atoms with van der Waals surface area (Å²) in [5, 5.41) is 2.64.